The minimum absolute atomic E-state index is 0.694. The maximum absolute atomic E-state index is 5.46. The summed E-state index contributed by atoms with van der Waals surface area (Å²) in [6, 6.07) is 15.6. The zero-order valence-corrected chi connectivity index (χ0v) is 14.7. The second-order valence-electron chi connectivity index (χ2n) is 6.06. The minimum atomic E-state index is 0.694. The van der Waals surface area contributed by atoms with E-state index in [4.69, 9.17) is 19.4 Å². The summed E-state index contributed by atoms with van der Waals surface area (Å²) in [6.45, 7) is 8.33. The Morgan fingerprint density at radius 3 is 1.50 bits per heavy atom. The Morgan fingerprint density at radius 2 is 1.12 bits per heavy atom. The van der Waals surface area contributed by atoms with Crippen molar-refractivity contribution in [3.05, 3.63) is 69.7 Å². The molecule has 0 aliphatic rings. The maximum Gasteiger partial charge on any atom is 0.145 e. The van der Waals surface area contributed by atoms with Gasteiger partial charge in [0.25, 0.3) is 0 Å². The highest BCUT2D eigenvalue weighted by Gasteiger charge is 2.06. The number of pyridine rings is 2. The van der Waals surface area contributed by atoms with E-state index in [1.165, 1.54) is 0 Å². The number of benzene rings is 2. The average Bonchev–Trinajstić information content (AvgIpc) is 2.66. The third-order valence-corrected chi connectivity index (χ3v) is 4.44. The van der Waals surface area contributed by atoms with Crippen LogP contribution in [0.4, 0.5) is 0 Å². The summed E-state index contributed by atoms with van der Waals surface area (Å²) < 4.78 is 10.9. The van der Waals surface area contributed by atoms with Gasteiger partial charge in [-0.2, -0.15) is 0 Å². The number of hydrogen-bond acceptors (Lipinski definition) is 4. The normalized spacial score (nSPS) is 12.4. The molecule has 0 N–H and O–H groups in total. The van der Waals surface area contributed by atoms with Crippen molar-refractivity contribution >= 4 is 35.0 Å². The first-order valence-electron chi connectivity index (χ1n) is 8.22. The molecule has 2 aromatic heterocycles. The smallest absolute Gasteiger partial charge is 0.145 e. The van der Waals surface area contributed by atoms with Gasteiger partial charge in [-0.1, -0.05) is 37.4 Å². The summed E-state index contributed by atoms with van der Waals surface area (Å²) in [4.78, 5) is 9.62. The molecule has 26 heavy (non-hydrogen) atoms. The summed E-state index contributed by atoms with van der Waals surface area (Å²) in [6.07, 6.45) is 0. The largest absolute Gasteiger partial charge is 0.494 e. The number of rotatable bonds is 2. The van der Waals surface area contributed by atoms with E-state index in [2.05, 4.69) is 13.2 Å². The molecule has 4 heteroatoms. The van der Waals surface area contributed by atoms with Crippen LogP contribution in [0.1, 0.15) is 0 Å². The highest BCUT2D eigenvalue weighted by atomic mass is 16.5. The molecule has 4 nitrogen and oxygen atoms in total. The SMILES string of the molecule is C=c1cc2cccc(OC)c2nc1=c1nc2c(OC)cccc2cc1=C. The lowest BCUT2D eigenvalue weighted by atomic mass is 10.1. The second-order valence-corrected chi connectivity index (χ2v) is 6.06. The van der Waals surface area contributed by atoms with Gasteiger partial charge in [-0.3, -0.25) is 0 Å². The first-order valence-corrected chi connectivity index (χ1v) is 8.22. The molecule has 4 aromatic rings. The number of methoxy groups -OCH3 is 2. The van der Waals surface area contributed by atoms with Crippen molar-refractivity contribution in [2.45, 2.75) is 0 Å². The van der Waals surface area contributed by atoms with E-state index >= 15 is 0 Å². The van der Waals surface area contributed by atoms with E-state index in [1.807, 2.05) is 48.5 Å². The second kappa shape index (κ2) is 6.15. The summed E-state index contributed by atoms with van der Waals surface area (Å²) in [7, 11) is 3.28. The molecule has 0 bridgehead atoms. The van der Waals surface area contributed by atoms with Crippen molar-refractivity contribution in [3.63, 3.8) is 0 Å². The van der Waals surface area contributed by atoms with E-state index in [0.717, 1.165) is 32.2 Å². The Morgan fingerprint density at radius 1 is 0.692 bits per heavy atom. The molecule has 0 spiro atoms. The molecular formula is C22H18N2O2. The number of aromatic nitrogens is 2. The van der Waals surface area contributed by atoms with Crippen LogP contribution in [0.15, 0.2) is 48.5 Å². The molecule has 0 amide bonds. The number of ether oxygens (including phenoxy) is 2. The van der Waals surface area contributed by atoms with E-state index in [0.29, 0.717) is 22.2 Å². The van der Waals surface area contributed by atoms with Crippen molar-refractivity contribution in [1.29, 1.82) is 0 Å². The Bertz CT molecular complexity index is 1240. The van der Waals surface area contributed by atoms with Crippen LogP contribution in [0, 0.1) is 10.7 Å². The van der Waals surface area contributed by atoms with Crippen molar-refractivity contribution in [3.8, 4) is 11.5 Å². The van der Waals surface area contributed by atoms with E-state index in [-0.39, 0.29) is 0 Å². The average molecular weight is 342 g/mol. The number of para-hydroxylation sites is 2. The Hall–Kier alpha value is -3.40. The van der Waals surface area contributed by atoms with Gasteiger partial charge in [0, 0.05) is 10.8 Å². The van der Waals surface area contributed by atoms with Crippen LogP contribution in [0.25, 0.3) is 35.0 Å². The molecule has 4 rings (SSSR count). The minimum Gasteiger partial charge on any atom is -0.494 e. The van der Waals surface area contributed by atoms with Gasteiger partial charge in [0.1, 0.15) is 22.5 Å². The first-order chi connectivity index (χ1) is 12.6. The van der Waals surface area contributed by atoms with Gasteiger partial charge in [-0.25, -0.2) is 9.97 Å². The van der Waals surface area contributed by atoms with Crippen LogP contribution in [0.5, 0.6) is 11.5 Å². The van der Waals surface area contributed by atoms with Gasteiger partial charge in [0.15, 0.2) is 0 Å². The van der Waals surface area contributed by atoms with Crippen LogP contribution in [0.2, 0.25) is 0 Å². The van der Waals surface area contributed by atoms with Gasteiger partial charge in [0.2, 0.25) is 0 Å². The van der Waals surface area contributed by atoms with Crippen LogP contribution in [-0.2, 0) is 0 Å². The van der Waals surface area contributed by atoms with Gasteiger partial charge in [-0.05, 0) is 34.7 Å². The number of nitrogens with zero attached hydrogens (tertiary/aromatic N) is 2. The highest BCUT2D eigenvalue weighted by molar-refractivity contribution is 5.85. The fourth-order valence-corrected chi connectivity index (χ4v) is 3.17. The summed E-state index contributed by atoms with van der Waals surface area (Å²) >= 11 is 0. The molecule has 2 aromatic carbocycles. The van der Waals surface area contributed by atoms with Gasteiger partial charge in [0.05, 0.1) is 24.9 Å². The van der Waals surface area contributed by atoms with E-state index < -0.39 is 0 Å². The van der Waals surface area contributed by atoms with Gasteiger partial charge >= 0.3 is 0 Å². The molecule has 0 saturated carbocycles. The Kier molecular flexibility index (Phi) is 3.81. The molecule has 0 fully saturated rings. The lowest BCUT2D eigenvalue weighted by Gasteiger charge is -2.06. The number of fused-ring (bicyclic) bond motifs is 2. The fourth-order valence-electron chi connectivity index (χ4n) is 3.17. The molecular weight excluding hydrogens is 324 g/mol. The Labute approximate surface area is 150 Å². The topological polar surface area (TPSA) is 44.2 Å². The molecule has 0 aliphatic carbocycles. The monoisotopic (exact) mass is 342 g/mol. The zero-order valence-electron chi connectivity index (χ0n) is 14.7. The third kappa shape index (κ3) is 2.47. The van der Waals surface area contributed by atoms with Crippen LogP contribution < -0.4 is 19.9 Å². The van der Waals surface area contributed by atoms with E-state index in [9.17, 15) is 0 Å². The van der Waals surface area contributed by atoms with Gasteiger partial charge < -0.3 is 9.47 Å². The lowest BCUT2D eigenvalue weighted by molar-refractivity contribution is 0.418. The predicted octanol–water partition coefficient (Wildman–Crippen LogP) is 2.91. The quantitative estimate of drug-likeness (QED) is 0.562. The van der Waals surface area contributed by atoms with Crippen LogP contribution in [0.3, 0.4) is 0 Å². The summed E-state index contributed by atoms with van der Waals surface area (Å²) in [5, 5.41) is 4.92. The first kappa shape index (κ1) is 16.1. The number of hydrogen-bond donors (Lipinski definition) is 0. The Balaban J connectivity index is 2.25. The van der Waals surface area contributed by atoms with Crippen LogP contribution >= 0.6 is 0 Å². The molecule has 0 atom stereocenters. The van der Waals surface area contributed by atoms with Crippen molar-refractivity contribution in [2.24, 2.45) is 0 Å². The molecule has 0 aliphatic heterocycles. The third-order valence-electron chi connectivity index (χ3n) is 4.44. The van der Waals surface area contributed by atoms with Gasteiger partial charge in [-0.15, -0.1) is 0 Å². The molecule has 2 heterocycles. The highest BCUT2D eigenvalue weighted by Crippen LogP contribution is 2.23. The molecule has 0 radical (unpaired) electrons. The van der Waals surface area contributed by atoms with Crippen molar-refractivity contribution in [1.82, 2.24) is 9.97 Å². The summed E-state index contributed by atoms with van der Waals surface area (Å²) in [5.74, 6) is 1.43. The fraction of sp³-hybridized carbons (Fsp3) is 0.0909. The van der Waals surface area contributed by atoms with Crippen LogP contribution in [-0.4, -0.2) is 24.2 Å². The zero-order chi connectivity index (χ0) is 18.3. The lowest BCUT2D eigenvalue weighted by Crippen LogP contribution is -2.12. The molecule has 0 unspecified atom stereocenters. The van der Waals surface area contributed by atoms with Crippen molar-refractivity contribution < 1.29 is 9.47 Å². The summed E-state index contributed by atoms with van der Waals surface area (Å²) in [5.41, 5.74) is 1.55. The molecule has 0 saturated heterocycles. The van der Waals surface area contributed by atoms with Crippen molar-refractivity contribution in [2.75, 3.05) is 14.2 Å². The van der Waals surface area contributed by atoms with E-state index in [1.54, 1.807) is 14.2 Å². The predicted molar refractivity (Wildman–Crippen MR) is 105 cm³/mol. The maximum atomic E-state index is 5.46. The standard InChI is InChI=1S/C22H18N2O2/c1-13-11-15-7-5-9-17(25-3)21(15)23-19(13)20-14(2)12-16-8-6-10-18(26-4)22(16)24-20/h5-12H,1-2H2,3-4H3. The molecule has 128 valence electrons.